The van der Waals surface area contributed by atoms with Gasteiger partial charge in [-0.1, -0.05) is 39.5 Å². The quantitative estimate of drug-likeness (QED) is 0.759. The Morgan fingerprint density at radius 3 is 2.50 bits per heavy atom. The highest BCUT2D eigenvalue weighted by Crippen LogP contribution is 2.31. The Morgan fingerprint density at radius 1 is 0.964 bits per heavy atom. The lowest BCUT2D eigenvalue weighted by Crippen LogP contribution is -2.31. The average molecular weight is 386 g/mol. The molecule has 0 radical (unpaired) electrons. The summed E-state index contributed by atoms with van der Waals surface area (Å²) in [6.45, 7) is 10.6. The number of hydrogen-bond donors (Lipinski definition) is 1. The molecule has 1 aliphatic carbocycles. The van der Waals surface area contributed by atoms with Crippen molar-refractivity contribution in [3.8, 4) is 0 Å². The molecule has 2 fully saturated rings. The van der Waals surface area contributed by atoms with E-state index < -0.39 is 0 Å². The molecule has 4 rings (SSSR count). The number of nitrogens with one attached hydrogen (secondary N) is 1. The van der Waals surface area contributed by atoms with Crippen molar-refractivity contribution in [3.05, 3.63) is 11.3 Å². The Morgan fingerprint density at radius 2 is 1.75 bits per heavy atom. The predicted molar refractivity (Wildman–Crippen MR) is 117 cm³/mol. The molecule has 3 heterocycles. The van der Waals surface area contributed by atoms with E-state index in [0.717, 1.165) is 44.3 Å². The second kappa shape index (κ2) is 9.43. The van der Waals surface area contributed by atoms with Gasteiger partial charge < -0.3 is 15.1 Å². The van der Waals surface area contributed by atoms with E-state index in [9.17, 15) is 0 Å². The van der Waals surface area contributed by atoms with Crippen LogP contribution in [0.15, 0.2) is 0 Å². The topological polar surface area (TPSA) is 44.3 Å². The largest absolute Gasteiger partial charge is 0.356 e. The third kappa shape index (κ3) is 4.61. The van der Waals surface area contributed by atoms with Crippen LogP contribution in [0.25, 0.3) is 0 Å². The number of aromatic nitrogens is 2. The van der Waals surface area contributed by atoms with Crippen molar-refractivity contribution in [2.24, 2.45) is 5.92 Å². The normalized spacial score (nSPS) is 23.2. The van der Waals surface area contributed by atoms with Crippen LogP contribution in [0.4, 0.5) is 11.8 Å². The molecule has 0 saturated carbocycles. The number of aryl methyl sites for hydroxylation is 1. The number of likely N-dealkylation sites (tertiary alicyclic amines) is 1. The van der Waals surface area contributed by atoms with Gasteiger partial charge in [-0.3, -0.25) is 0 Å². The Kier molecular flexibility index (Phi) is 6.71. The minimum atomic E-state index is 0.491. The van der Waals surface area contributed by atoms with Gasteiger partial charge in [-0.15, -0.1) is 0 Å². The Labute approximate surface area is 171 Å². The van der Waals surface area contributed by atoms with Gasteiger partial charge in [-0.2, -0.15) is 4.98 Å². The van der Waals surface area contributed by atoms with Gasteiger partial charge in [0.15, 0.2) is 0 Å². The third-order valence-electron chi connectivity index (χ3n) is 7.09. The molecule has 3 aliphatic rings. The summed E-state index contributed by atoms with van der Waals surface area (Å²) in [6, 6.07) is 0.491. The van der Waals surface area contributed by atoms with E-state index in [-0.39, 0.29) is 0 Å². The van der Waals surface area contributed by atoms with Crippen LogP contribution in [-0.2, 0) is 12.8 Å². The summed E-state index contributed by atoms with van der Waals surface area (Å²) in [7, 11) is 0. The number of rotatable bonds is 7. The number of nitrogens with zero attached hydrogens (tertiary/aromatic N) is 4. The van der Waals surface area contributed by atoms with E-state index in [2.05, 4.69) is 29.0 Å². The molecule has 0 amide bonds. The molecule has 0 aromatic carbocycles. The highest BCUT2D eigenvalue weighted by atomic mass is 15.3. The first-order valence-electron chi connectivity index (χ1n) is 11.9. The summed E-state index contributed by atoms with van der Waals surface area (Å²) < 4.78 is 0. The monoisotopic (exact) mass is 385 g/mol. The van der Waals surface area contributed by atoms with Gasteiger partial charge in [0, 0.05) is 44.3 Å². The summed E-state index contributed by atoms with van der Waals surface area (Å²) >= 11 is 0. The van der Waals surface area contributed by atoms with Crippen LogP contribution in [-0.4, -0.2) is 53.6 Å². The molecule has 156 valence electrons. The minimum absolute atomic E-state index is 0.491. The van der Waals surface area contributed by atoms with Crippen molar-refractivity contribution < 1.29 is 0 Å². The smallest absolute Gasteiger partial charge is 0.225 e. The van der Waals surface area contributed by atoms with Crippen LogP contribution in [0.1, 0.15) is 76.5 Å². The zero-order valence-corrected chi connectivity index (χ0v) is 18.1. The van der Waals surface area contributed by atoms with Crippen molar-refractivity contribution >= 4 is 11.8 Å². The lowest BCUT2D eigenvalue weighted by Gasteiger charge is -2.25. The Balaban J connectivity index is 1.44. The van der Waals surface area contributed by atoms with E-state index >= 15 is 0 Å². The van der Waals surface area contributed by atoms with Gasteiger partial charge in [0.1, 0.15) is 5.82 Å². The van der Waals surface area contributed by atoms with Gasteiger partial charge >= 0.3 is 0 Å². The number of fused-ring (bicyclic) bond motifs is 1. The average Bonchev–Trinajstić information content (AvgIpc) is 3.27. The zero-order valence-electron chi connectivity index (χ0n) is 18.1. The molecule has 5 heteroatoms. The maximum absolute atomic E-state index is 5.08. The van der Waals surface area contributed by atoms with E-state index in [4.69, 9.17) is 9.97 Å². The molecule has 1 aromatic rings. The van der Waals surface area contributed by atoms with Gasteiger partial charge in [0.2, 0.25) is 5.95 Å². The maximum Gasteiger partial charge on any atom is 0.225 e. The lowest BCUT2D eigenvalue weighted by molar-refractivity contribution is 0.266. The van der Waals surface area contributed by atoms with E-state index in [1.54, 1.807) is 0 Å². The molecule has 28 heavy (non-hydrogen) atoms. The van der Waals surface area contributed by atoms with E-state index in [1.807, 2.05) is 0 Å². The fourth-order valence-corrected chi connectivity index (χ4v) is 5.23. The van der Waals surface area contributed by atoms with Gasteiger partial charge in [-0.25, -0.2) is 4.98 Å². The SMILES string of the molecule is CCC(CC)CN1CC[C@@H](Nc2nc3c(c(N4CCCCCC4)n2)CCC3)C1. The minimum Gasteiger partial charge on any atom is -0.356 e. The van der Waals surface area contributed by atoms with Gasteiger partial charge in [0.05, 0.1) is 5.69 Å². The first-order valence-corrected chi connectivity index (χ1v) is 11.9. The van der Waals surface area contributed by atoms with Crippen LogP contribution in [0, 0.1) is 5.92 Å². The fourth-order valence-electron chi connectivity index (χ4n) is 5.23. The molecule has 1 N–H and O–H groups in total. The second-order valence-electron chi connectivity index (χ2n) is 9.12. The first-order chi connectivity index (χ1) is 13.8. The van der Waals surface area contributed by atoms with Gasteiger partial charge in [-0.05, 0) is 44.4 Å². The molecular weight excluding hydrogens is 346 g/mol. The highest BCUT2D eigenvalue weighted by Gasteiger charge is 2.27. The van der Waals surface area contributed by atoms with E-state index in [0.29, 0.717) is 6.04 Å². The Bertz CT molecular complexity index is 634. The van der Waals surface area contributed by atoms with Crippen molar-refractivity contribution in [1.29, 1.82) is 0 Å². The van der Waals surface area contributed by atoms with Crippen LogP contribution in [0.5, 0.6) is 0 Å². The summed E-state index contributed by atoms with van der Waals surface area (Å²) in [5.74, 6) is 2.97. The van der Waals surface area contributed by atoms with Crippen LogP contribution in [0.2, 0.25) is 0 Å². The molecule has 0 unspecified atom stereocenters. The van der Waals surface area contributed by atoms with Crippen molar-refractivity contribution in [2.75, 3.05) is 42.9 Å². The fraction of sp³-hybridized carbons (Fsp3) is 0.826. The van der Waals surface area contributed by atoms with Crippen LogP contribution < -0.4 is 10.2 Å². The number of hydrogen-bond acceptors (Lipinski definition) is 5. The molecule has 2 aliphatic heterocycles. The summed E-state index contributed by atoms with van der Waals surface area (Å²) in [5.41, 5.74) is 2.75. The molecule has 2 saturated heterocycles. The molecule has 1 aromatic heterocycles. The predicted octanol–water partition coefficient (Wildman–Crippen LogP) is 4.27. The molecule has 0 bridgehead atoms. The van der Waals surface area contributed by atoms with Crippen molar-refractivity contribution in [2.45, 2.75) is 84.1 Å². The Hall–Kier alpha value is -1.36. The molecule has 5 nitrogen and oxygen atoms in total. The summed E-state index contributed by atoms with van der Waals surface area (Å²) in [5, 5.41) is 3.71. The molecule has 0 spiro atoms. The standard InChI is InChI=1S/C23H39N5/c1-3-18(4-2)16-27-15-12-19(17-27)24-23-25-21-11-9-10-20(21)22(26-23)28-13-7-5-6-8-14-28/h18-19H,3-17H2,1-2H3,(H,24,25,26)/t19-/m1/s1. The maximum atomic E-state index is 5.08. The van der Waals surface area contributed by atoms with Crippen LogP contribution in [0.3, 0.4) is 0 Å². The third-order valence-corrected chi connectivity index (χ3v) is 7.09. The lowest BCUT2D eigenvalue weighted by atomic mass is 10.0. The summed E-state index contributed by atoms with van der Waals surface area (Å²) in [6.07, 6.45) is 12.6. The van der Waals surface area contributed by atoms with Crippen molar-refractivity contribution in [1.82, 2.24) is 14.9 Å². The highest BCUT2D eigenvalue weighted by molar-refractivity contribution is 5.54. The zero-order chi connectivity index (χ0) is 19.3. The summed E-state index contributed by atoms with van der Waals surface area (Å²) in [4.78, 5) is 15.2. The number of anilines is 2. The van der Waals surface area contributed by atoms with Gasteiger partial charge in [0.25, 0.3) is 0 Å². The first kappa shape index (κ1) is 19.9. The molecule has 1 atom stereocenters. The van der Waals surface area contributed by atoms with Crippen molar-refractivity contribution in [3.63, 3.8) is 0 Å². The second-order valence-corrected chi connectivity index (χ2v) is 9.12. The van der Waals surface area contributed by atoms with E-state index in [1.165, 1.54) is 81.5 Å². The van der Waals surface area contributed by atoms with Crippen LogP contribution >= 0.6 is 0 Å². The molecular formula is C23H39N5.